The molecule has 1 saturated heterocycles. The molecule has 3 amide bonds. The maximum atomic E-state index is 14.3. The summed E-state index contributed by atoms with van der Waals surface area (Å²) in [4.78, 5) is 28.8. The van der Waals surface area contributed by atoms with Gasteiger partial charge in [-0.2, -0.15) is 26.3 Å². The third kappa shape index (κ3) is 3.21. The molecule has 12 heteroatoms. The van der Waals surface area contributed by atoms with Gasteiger partial charge in [-0.1, -0.05) is 18.2 Å². The van der Waals surface area contributed by atoms with Crippen molar-refractivity contribution >= 4 is 23.3 Å². The first-order valence-electron chi connectivity index (χ1n) is 8.73. The van der Waals surface area contributed by atoms with Gasteiger partial charge in [0.15, 0.2) is 5.69 Å². The van der Waals surface area contributed by atoms with Crippen molar-refractivity contribution in [2.24, 2.45) is 0 Å². The highest BCUT2D eigenvalue weighted by molar-refractivity contribution is 6.23. The van der Waals surface area contributed by atoms with Crippen molar-refractivity contribution in [3.63, 3.8) is 0 Å². The second-order valence-corrected chi connectivity index (χ2v) is 6.73. The smallest absolute Gasteiger partial charge is 0.425 e. The predicted molar refractivity (Wildman–Crippen MR) is 99.1 cm³/mol. The number of carbonyl (C=O) groups excluding carboxylic acids is 2. The highest BCUT2D eigenvalue weighted by atomic mass is 19.4. The van der Waals surface area contributed by atoms with E-state index in [1.54, 1.807) is 0 Å². The molecular weight excluding hydrogens is 444 g/mol. The van der Waals surface area contributed by atoms with Crippen LogP contribution in [0.4, 0.5) is 42.5 Å². The summed E-state index contributed by atoms with van der Waals surface area (Å²) in [6.45, 7) is 6.86. The number of anilines is 1. The van der Waals surface area contributed by atoms with E-state index in [9.17, 15) is 35.9 Å². The number of rotatable bonds is 3. The van der Waals surface area contributed by atoms with E-state index >= 15 is 0 Å². The van der Waals surface area contributed by atoms with Crippen LogP contribution in [-0.2, 0) is 16.5 Å². The van der Waals surface area contributed by atoms with Gasteiger partial charge in [0.05, 0.1) is 24.9 Å². The van der Waals surface area contributed by atoms with E-state index in [1.807, 2.05) is 0 Å². The van der Waals surface area contributed by atoms with Crippen molar-refractivity contribution in [2.75, 3.05) is 19.1 Å². The Morgan fingerprint density at radius 3 is 2.06 bits per heavy atom. The summed E-state index contributed by atoms with van der Waals surface area (Å²) in [6, 6.07) is 4.53. The van der Waals surface area contributed by atoms with Gasteiger partial charge in [-0.25, -0.2) is 14.5 Å². The van der Waals surface area contributed by atoms with Crippen LogP contribution in [0.25, 0.3) is 4.85 Å². The molecule has 1 atom stereocenters. The number of hydrogen-bond acceptors (Lipinski definition) is 3. The molecule has 1 unspecified atom stereocenters. The Morgan fingerprint density at radius 1 is 1.00 bits per heavy atom. The van der Waals surface area contributed by atoms with Crippen LogP contribution in [0.3, 0.4) is 0 Å². The number of likely N-dealkylation sites (N-methyl/N-ethyl adjacent to an activating group) is 1. The summed E-state index contributed by atoms with van der Waals surface area (Å²) in [5.74, 6) is -1.61. The number of hydrogen-bond donors (Lipinski definition) is 0. The Bertz CT molecular complexity index is 1120. The van der Waals surface area contributed by atoms with Gasteiger partial charge in [0.25, 0.3) is 5.91 Å². The van der Waals surface area contributed by atoms with Crippen molar-refractivity contribution in [2.45, 2.75) is 17.9 Å². The third-order valence-electron chi connectivity index (χ3n) is 5.08. The van der Waals surface area contributed by atoms with Crippen LogP contribution in [0, 0.1) is 6.57 Å². The zero-order chi connectivity index (χ0) is 24.1. The van der Waals surface area contributed by atoms with E-state index in [0.717, 1.165) is 37.4 Å². The van der Waals surface area contributed by atoms with Crippen LogP contribution < -0.4 is 9.64 Å². The topological polar surface area (TPSA) is 54.2 Å². The lowest BCUT2D eigenvalue weighted by Gasteiger charge is -2.34. The molecule has 1 heterocycles. The SMILES string of the molecule is [C-]#[N+]c1ccc(N2C(=O)N(C)C(c3ccc(OC)cc3)(C(F)(F)F)C2=O)cc1C(F)(F)F. The molecule has 0 bridgehead atoms. The summed E-state index contributed by atoms with van der Waals surface area (Å²) >= 11 is 0. The Hall–Kier alpha value is -3.75. The van der Waals surface area contributed by atoms with Gasteiger partial charge in [-0.05, 0) is 29.8 Å². The van der Waals surface area contributed by atoms with Crippen LogP contribution in [0.5, 0.6) is 5.75 Å². The van der Waals surface area contributed by atoms with Crippen molar-refractivity contribution in [3.05, 3.63) is 65.0 Å². The second kappa shape index (κ2) is 7.44. The Labute approximate surface area is 177 Å². The van der Waals surface area contributed by atoms with E-state index in [1.165, 1.54) is 7.11 Å². The fourth-order valence-electron chi connectivity index (χ4n) is 3.53. The second-order valence-electron chi connectivity index (χ2n) is 6.73. The minimum atomic E-state index is -5.32. The zero-order valence-electron chi connectivity index (χ0n) is 16.4. The average Bonchev–Trinajstić information content (AvgIpc) is 2.93. The van der Waals surface area contributed by atoms with Gasteiger partial charge < -0.3 is 9.64 Å². The molecule has 168 valence electrons. The number of nitrogens with zero attached hydrogens (tertiary/aromatic N) is 3. The highest BCUT2D eigenvalue weighted by Gasteiger charge is 2.72. The van der Waals surface area contributed by atoms with Crippen molar-refractivity contribution in [3.8, 4) is 5.75 Å². The molecule has 1 aliphatic rings. The lowest BCUT2D eigenvalue weighted by atomic mass is 9.87. The lowest BCUT2D eigenvalue weighted by molar-refractivity contribution is -0.215. The van der Waals surface area contributed by atoms with Crippen molar-refractivity contribution < 1.29 is 40.7 Å². The minimum Gasteiger partial charge on any atom is -0.497 e. The molecule has 6 nitrogen and oxygen atoms in total. The molecule has 2 aromatic carbocycles. The molecule has 0 aliphatic carbocycles. The van der Waals surface area contributed by atoms with Crippen LogP contribution in [-0.4, -0.2) is 37.2 Å². The number of urea groups is 1. The molecule has 32 heavy (non-hydrogen) atoms. The molecule has 0 spiro atoms. The van der Waals surface area contributed by atoms with Crippen molar-refractivity contribution in [1.82, 2.24) is 4.90 Å². The number of alkyl halides is 6. The number of carbonyl (C=O) groups is 2. The number of amides is 3. The standard InChI is InChI=1S/C20H13F6N3O3/c1-27-15-9-6-12(10-14(15)19(21,22)23)29-16(30)18(20(24,25)26,28(2)17(29)31)11-4-7-13(32-3)8-5-11/h4-10H,2-3H3. The summed E-state index contributed by atoms with van der Waals surface area (Å²) < 4.78 is 87.9. The summed E-state index contributed by atoms with van der Waals surface area (Å²) in [5, 5.41) is 0. The van der Waals surface area contributed by atoms with Crippen LogP contribution in [0.15, 0.2) is 42.5 Å². The van der Waals surface area contributed by atoms with Crippen LogP contribution in [0.2, 0.25) is 0 Å². The number of benzene rings is 2. The number of halogens is 6. The van der Waals surface area contributed by atoms with Crippen LogP contribution in [0.1, 0.15) is 11.1 Å². The Kier molecular flexibility index (Phi) is 5.33. The molecule has 0 aromatic heterocycles. The van der Waals surface area contributed by atoms with Gasteiger partial charge in [0, 0.05) is 7.05 Å². The van der Waals surface area contributed by atoms with Gasteiger partial charge in [0.1, 0.15) is 5.75 Å². The maximum absolute atomic E-state index is 14.3. The van der Waals surface area contributed by atoms with Gasteiger partial charge in [0.2, 0.25) is 5.54 Å². The van der Waals surface area contributed by atoms with Gasteiger partial charge >= 0.3 is 18.4 Å². The molecule has 0 radical (unpaired) electrons. The molecule has 2 aromatic rings. The molecular formula is C20H13F6N3O3. The Morgan fingerprint density at radius 2 is 1.59 bits per heavy atom. The van der Waals surface area contributed by atoms with E-state index in [4.69, 9.17) is 11.3 Å². The molecule has 1 fully saturated rings. The first kappa shape index (κ1) is 22.9. The predicted octanol–water partition coefficient (Wildman–Crippen LogP) is 5.12. The Balaban J connectivity index is 2.23. The fourth-order valence-corrected chi connectivity index (χ4v) is 3.53. The quantitative estimate of drug-likeness (QED) is 0.365. The molecule has 0 N–H and O–H groups in total. The van der Waals surface area contributed by atoms with Gasteiger partial charge in [-0.3, -0.25) is 4.79 Å². The van der Waals surface area contributed by atoms with E-state index in [2.05, 4.69) is 4.85 Å². The van der Waals surface area contributed by atoms with Crippen molar-refractivity contribution in [1.29, 1.82) is 0 Å². The zero-order valence-corrected chi connectivity index (χ0v) is 16.4. The first-order chi connectivity index (χ1) is 14.8. The lowest BCUT2D eigenvalue weighted by Crippen LogP contribution is -2.56. The largest absolute Gasteiger partial charge is 0.497 e. The summed E-state index contributed by atoms with van der Waals surface area (Å²) in [6.07, 6.45) is -10.4. The molecule has 1 aliphatic heterocycles. The van der Waals surface area contributed by atoms with E-state index in [0.29, 0.717) is 12.1 Å². The van der Waals surface area contributed by atoms with Gasteiger partial charge in [-0.15, -0.1) is 0 Å². The number of ether oxygens (including phenoxy) is 1. The van der Waals surface area contributed by atoms with E-state index in [-0.39, 0.29) is 15.5 Å². The molecule has 0 saturated carbocycles. The summed E-state index contributed by atoms with van der Waals surface area (Å²) in [5.41, 5.74) is -7.16. The average molecular weight is 457 g/mol. The normalized spacial score (nSPS) is 19.3. The first-order valence-corrected chi connectivity index (χ1v) is 8.73. The monoisotopic (exact) mass is 457 g/mol. The highest BCUT2D eigenvalue weighted by Crippen LogP contribution is 2.50. The number of imide groups is 1. The summed E-state index contributed by atoms with van der Waals surface area (Å²) in [7, 11) is 2.01. The van der Waals surface area contributed by atoms with Crippen LogP contribution >= 0.6 is 0 Å². The number of methoxy groups -OCH3 is 1. The minimum absolute atomic E-state index is 0.0285. The fraction of sp³-hybridized carbons (Fsp3) is 0.250. The maximum Gasteiger partial charge on any atom is 0.425 e. The third-order valence-corrected chi connectivity index (χ3v) is 5.08. The molecule has 3 rings (SSSR count). The van der Waals surface area contributed by atoms with E-state index < -0.39 is 52.3 Å².